The van der Waals surface area contributed by atoms with Crippen LogP contribution in [0, 0.1) is 0 Å². The lowest BCUT2D eigenvalue weighted by Gasteiger charge is -2.47. The second kappa shape index (κ2) is 18.3. The fourth-order valence-electron chi connectivity index (χ4n) is 6.78. The maximum Gasteiger partial charge on any atom is 0.261 e. The summed E-state index contributed by atoms with van der Waals surface area (Å²) in [6.07, 6.45) is -1.73. The first-order valence-electron chi connectivity index (χ1n) is 17.9. The summed E-state index contributed by atoms with van der Waals surface area (Å²) in [7, 11) is 0. The molecule has 1 aliphatic carbocycles. The van der Waals surface area contributed by atoms with E-state index in [9.17, 15) is 19.8 Å². The molecule has 1 heterocycles. The van der Waals surface area contributed by atoms with E-state index in [0.29, 0.717) is 24.3 Å². The quantitative estimate of drug-likeness (QED) is 0.0949. The summed E-state index contributed by atoms with van der Waals surface area (Å²) in [5.74, 6) is -0.444. The number of aliphatic hydroxyl groups is 2. The molecule has 4 aromatic carbocycles. The summed E-state index contributed by atoms with van der Waals surface area (Å²) < 4.78 is 25.7. The molecule has 51 heavy (non-hydrogen) atoms. The van der Waals surface area contributed by atoms with Gasteiger partial charge in [0, 0.05) is 13.2 Å². The lowest BCUT2D eigenvalue weighted by Crippen LogP contribution is -2.66. The van der Waals surface area contributed by atoms with Crippen LogP contribution in [0.5, 0.6) is 0 Å². The third kappa shape index (κ3) is 9.37. The molecule has 9 heteroatoms. The van der Waals surface area contributed by atoms with Crippen LogP contribution in [0.4, 0.5) is 0 Å². The molecule has 1 aliphatic heterocycles. The van der Waals surface area contributed by atoms with Crippen molar-refractivity contribution in [2.45, 2.75) is 88.5 Å². The third-order valence-electron chi connectivity index (χ3n) is 9.56. The zero-order valence-corrected chi connectivity index (χ0v) is 28.8. The molecule has 0 aromatic heterocycles. The van der Waals surface area contributed by atoms with Gasteiger partial charge in [-0.25, -0.2) is 0 Å². The van der Waals surface area contributed by atoms with Crippen LogP contribution in [0.2, 0.25) is 0 Å². The minimum Gasteiger partial charge on any atom is -0.387 e. The molecule has 268 valence electrons. The van der Waals surface area contributed by atoms with Crippen molar-refractivity contribution in [2.24, 2.45) is 0 Å². The van der Waals surface area contributed by atoms with Crippen LogP contribution < -0.4 is 0 Å². The summed E-state index contributed by atoms with van der Waals surface area (Å²) >= 11 is 0. The number of rotatable bonds is 18. The van der Waals surface area contributed by atoms with Crippen LogP contribution in [0.3, 0.4) is 0 Å². The monoisotopic (exact) mass is 693 g/mol. The molecule has 1 saturated carbocycles. The molecule has 2 amide bonds. The number of hydrogen-bond acceptors (Lipinski definition) is 8. The molecule has 2 aliphatic rings. The number of imide groups is 1. The highest BCUT2D eigenvalue weighted by Gasteiger charge is 2.52. The van der Waals surface area contributed by atoms with E-state index in [2.05, 4.69) is 0 Å². The minimum atomic E-state index is -1.28. The fraction of sp³-hybridized carbons (Fsp3) is 0.381. The van der Waals surface area contributed by atoms with E-state index in [-0.39, 0.29) is 31.6 Å². The minimum absolute atomic E-state index is 0.222. The van der Waals surface area contributed by atoms with Gasteiger partial charge in [-0.1, -0.05) is 122 Å². The number of nitrogens with zero attached hydrogens (tertiary/aromatic N) is 1. The summed E-state index contributed by atoms with van der Waals surface area (Å²) in [5.41, 5.74) is 3.80. The Hall–Kier alpha value is -4.22. The van der Waals surface area contributed by atoms with E-state index >= 15 is 0 Å². The van der Waals surface area contributed by atoms with Crippen LogP contribution >= 0.6 is 0 Å². The second-order valence-electron chi connectivity index (χ2n) is 13.2. The predicted octanol–water partition coefficient (Wildman–Crippen LogP) is 6.11. The molecule has 0 spiro atoms. The number of fused-ring (bicyclic) bond motifs is 1. The molecule has 9 nitrogen and oxygen atoms in total. The van der Waals surface area contributed by atoms with E-state index in [4.69, 9.17) is 18.9 Å². The number of amides is 2. The van der Waals surface area contributed by atoms with Gasteiger partial charge in [0.15, 0.2) is 0 Å². The van der Waals surface area contributed by atoms with Crippen molar-refractivity contribution in [1.82, 2.24) is 4.90 Å². The van der Waals surface area contributed by atoms with Crippen LogP contribution in [-0.2, 0) is 38.8 Å². The highest BCUT2D eigenvalue weighted by molar-refractivity contribution is 6.21. The summed E-state index contributed by atoms with van der Waals surface area (Å²) in [4.78, 5) is 26.6. The van der Waals surface area contributed by atoms with Gasteiger partial charge in [-0.05, 0) is 41.7 Å². The van der Waals surface area contributed by atoms with Gasteiger partial charge in [-0.15, -0.1) is 0 Å². The van der Waals surface area contributed by atoms with Crippen molar-refractivity contribution in [3.63, 3.8) is 0 Å². The van der Waals surface area contributed by atoms with E-state index in [0.717, 1.165) is 48.8 Å². The Bertz CT molecular complexity index is 1640. The summed E-state index contributed by atoms with van der Waals surface area (Å²) in [5, 5.41) is 23.0. The predicted molar refractivity (Wildman–Crippen MR) is 192 cm³/mol. The highest BCUT2D eigenvalue weighted by atomic mass is 16.6. The molecule has 6 rings (SSSR count). The Morgan fingerprint density at radius 1 is 0.451 bits per heavy atom. The zero-order valence-electron chi connectivity index (χ0n) is 28.8. The first-order chi connectivity index (χ1) is 25.0. The molecule has 0 bridgehead atoms. The lowest BCUT2D eigenvalue weighted by atomic mass is 9.84. The Kier molecular flexibility index (Phi) is 13.1. The Labute approximate surface area is 299 Å². The van der Waals surface area contributed by atoms with Crippen molar-refractivity contribution in [3.8, 4) is 0 Å². The first kappa shape index (κ1) is 36.6. The van der Waals surface area contributed by atoms with Crippen molar-refractivity contribution >= 4 is 11.8 Å². The maximum absolute atomic E-state index is 12.6. The average molecular weight is 694 g/mol. The van der Waals surface area contributed by atoms with Gasteiger partial charge in [0.2, 0.25) is 0 Å². The van der Waals surface area contributed by atoms with Gasteiger partial charge < -0.3 is 29.2 Å². The van der Waals surface area contributed by atoms with Crippen molar-refractivity contribution in [2.75, 3.05) is 13.2 Å². The maximum atomic E-state index is 12.6. The van der Waals surface area contributed by atoms with Crippen LogP contribution in [0.1, 0.15) is 69.5 Å². The normalized spacial score (nSPS) is 23.1. The van der Waals surface area contributed by atoms with E-state index in [1.807, 2.05) is 91.0 Å². The van der Waals surface area contributed by atoms with Gasteiger partial charge in [-0.2, -0.15) is 0 Å². The fourth-order valence-corrected chi connectivity index (χ4v) is 6.78. The highest BCUT2D eigenvalue weighted by Crippen LogP contribution is 2.32. The Morgan fingerprint density at radius 3 is 1.29 bits per heavy atom. The summed E-state index contributed by atoms with van der Waals surface area (Å²) in [6.45, 7) is 1.49. The van der Waals surface area contributed by atoms with Crippen molar-refractivity contribution in [3.05, 3.63) is 143 Å². The van der Waals surface area contributed by atoms with Gasteiger partial charge in [0.05, 0.1) is 30.9 Å². The van der Waals surface area contributed by atoms with Crippen LogP contribution in [-0.4, -0.2) is 76.7 Å². The number of carbonyl (C=O) groups is 2. The van der Waals surface area contributed by atoms with Gasteiger partial charge >= 0.3 is 0 Å². The smallest absolute Gasteiger partial charge is 0.261 e. The second-order valence-corrected chi connectivity index (χ2v) is 13.2. The number of unbranched alkanes of at least 4 members (excludes halogenated alkanes) is 4. The van der Waals surface area contributed by atoms with E-state index in [1.165, 1.54) is 4.90 Å². The molecule has 4 aromatic rings. The number of aliphatic hydroxyl groups excluding tert-OH is 2. The molecule has 0 unspecified atom stereocenters. The first-order valence-corrected chi connectivity index (χ1v) is 17.9. The average Bonchev–Trinajstić information content (AvgIpc) is 3.41. The van der Waals surface area contributed by atoms with E-state index < -0.39 is 36.6 Å². The van der Waals surface area contributed by atoms with Crippen molar-refractivity contribution < 1.29 is 38.7 Å². The molecular weight excluding hydrogens is 646 g/mol. The zero-order chi connectivity index (χ0) is 35.4. The third-order valence-corrected chi connectivity index (χ3v) is 9.56. The standard InChI is InChI=1S/C42H47NO8/c44-35-36(45)38(49-27-30-17-7-4-8-18-30)40(51-29-32-21-11-6-12-22-32)39(50-28-31-19-9-5-10-20-31)37(35)48-26-16-3-1-2-15-25-43-41(46)33-23-13-14-24-34(33)42(43)47/h4-14,17-24,35-40,44-45H,1-3,15-16,25-29H2/t35-,36+,37-,38-,39+,40+/m0/s1. The molecular formula is C42H47NO8. The lowest BCUT2D eigenvalue weighted by molar-refractivity contribution is -0.272. The topological polar surface area (TPSA) is 115 Å². The number of ether oxygens (including phenoxy) is 4. The van der Waals surface area contributed by atoms with E-state index in [1.54, 1.807) is 24.3 Å². The number of hydrogen-bond donors (Lipinski definition) is 2. The molecule has 2 N–H and O–H groups in total. The van der Waals surface area contributed by atoms with Crippen LogP contribution in [0.15, 0.2) is 115 Å². The largest absolute Gasteiger partial charge is 0.387 e. The SMILES string of the molecule is O=C1c2ccccc2C(=O)N1CCCCCCCO[C@H]1[C@@H](O)[C@@H](O)[C@H](OCc2ccccc2)[C@@H](OCc2ccccc2)[C@@H]1OCc1ccccc1. The molecule has 0 saturated heterocycles. The molecule has 0 radical (unpaired) electrons. The molecule has 1 fully saturated rings. The molecule has 6 atom stereocenters. The number of carbonyl (C=O) groups excluding carboxylic acids is 2. The van der Waals surface area contributed by atoms with Gasteiger partial charge in [0.25, 0.3) is 11.8 Å². The Morgan fingerprint density at radius 2 is 0.824 bits per heavy atom. The number of benzene rings is 4. The van der Waals surface area contributed by atoms with Crippen LogP contribution in [0.25, 0.3) is 0 Å². The van der Waals surface area contributed by atoms with Crippen molar-refractivity contribution in [1.29, 1.82) is 0 Å². The summed E-state index contributed by atoms with van der Waals surface area (Å²) in [6, 6.07) is 36.2. The van der Waals surface area contributed by atoms with Gasteiger partial charge in [0.1, 0.15) is 36.6 Å². The van der Waals surface area contributed by atoms with Gasteiger partial charge in [-0.3, -0.25) is 14.5 Å². The Balaban J connectivity index is 1.07.